The Balaban J connectivity index is 1.91. The van der Waals surface area contributed by atoms with E-state index in [1.54, 1.807) is 13.0 Å². The monoisotopic (exact) mass is 274 g/mol. The van der Waals surface area contributed by atoms with E-state index in [9.17, 15) is 10.1 Å². The average molecular weight is 274 g/mol. The Hall–Kier alpha value is -2.28. The lowest BCUT2D eigenvalue weighted by atomic mass is 10.1. The van der Waals surface area contributed by atoms with E-state index in [0.717, 1.165) is 18.4 Å². The van der Waals surface area contributed by atoms with Gasteiger partial charge in [0.15, 0.2) is 5.82 Å². The second-order valence-electron chi connectivity index (χ2n) is 5.08. The molecular weight excluding hydrogens is 260 g/mol. The normalized spacial score (nSPS) is 16.1. The summed E-state index contributed by atoms with van der Waals surface area (Å²) in [5.41, 5.74) is 7.47. The molecule has 7 heteroatoms. The highest BCUT2D eigenvalue weighted by atomic mass is 16.6. The largest absolute Gasteiger partial charge is 0.334 e. The molecule has 2 N–H and O–H groups in total. The fourth-order valence-corrected chi connectivity index (χ4v) is 2.15. The van der Waals surface area contributed by atoms with Crippen molar-refractivity contribution in [2.45, 2.75) is 25.8 Å². The van der Waals surface area contributed by atoms with Crippen LogP contribution >= 0.6 is 0 Å². The van der Waals surface area contributed by atoms with Gasteiger partial charge >= 0.3 is 0 Å². The molecule has 1 atom stereocenters. The molecule has 1 unspecified atom stereocenters. The van der Waals surface area contributed by atoms with Crippen molar-refractivity contribution in [2.75, 3.05) is 0 Å². The van der Waals surface area contributed by atoms with E-state index in [1.165, 1.54) is 12.1 Å². The maximum atomic E-state index is 10.7. The lowest BCUT2D eigenvalue weighted by Gasteiger charge is -2.02. The lowest BCUT2D eigenvalue weighted by Crippen LogP contribution is -2.13. The van der Waals surface area contributed by atoms with E-state index in [0.29, 0.717) is 23.2 Å². The van der Waals surface area contributed by atoms with Crippen LogP contribution in [0.15, 0.2) is 22.7 Å². The Bertz CT molecular complexity index is 663. The number of rotatable bonds is 4. The summed E-state index contributed by atoms with van der Waals surface area (Å²) in [5, 5.41) is 14.6. The van der Waals surface area contributed by atoms with Gasteiger partial charge in [0.1, 0.15) is 0 Å². The first-order chi connectivity index (χ1) is 9.56. The second-order valence-corrected chi connectivity index (χ2v) is 5.08. The summed E-state index contributed by atoms with van der Waals surface area (Å²) >= 11 is 0. The smallest absolute Gasteiger partial charge is 0.269 e. The van der Waals surface area contributed by atoms with Crippen molar-refractivity contribution < 1.29 is 9.45 Å². The van der Waals surface area contributed by atoms with Gasteiger partial charge < -0.3 is 10.3 Å². The maximum Gasteiger partial charge on any atom is 0.269 e. The standard InChI is InChI=1S/C13H14N4O3/c1-7-6-9(17(18)19)4-5-10(7)13-15-12(16-20-13)11(14)8-2-3-8/h4-6,8,11H,2-3,14H2,1H3. The summed E-state index contributed by atoms with van der Waals surface area (Å²) in [4.78, 5) is 14.6. The Morgan fingerprint density at radius 1 is 1.50 bits per heavy atom. The quantitative estimate of drug-likeness (QED) is 0.677. The number of aromatic nitrogens is 2. The van der Waals surface area contributed by atoms with Gasteiger partial charge in [-0.05, 0) is 37.3 Å². The molecule has 0 bridgehead atoms. The van der Waals surface area contributed by atoms with Crippen molar-refractivity contribution in [2.24, 2.45) is 11.7 Å². The number of nitrogens with two attached hydrogens (primary N) is 1. The molecule has 1 saturated carbocycles. The summed E-state index contributed by atoms with van der Waals surface area (Å²) in [6.07, 6.45) is 2.20. The van der Waals surface area contributed by atoms with Crippen LogP contribution in [-0.2, 0) is 0 Å². The van der Waals surface area contributed by atoms with Crippen LogP contribution in [0.2, 0.25) is 0 Å². The SMILES string of the molecule is Cc1cc([N+](=O)[O-])ccc1-c1nc(C(N)C2CC2)no1. The van der Waals surface area contributed by atoms with Crippen LogP contribution in [0, 0.1) is 23.0 Å². The molecule has 1 aromatic heterocycles. The number of benzene rings is 1. The second kappa shape index (κ2) is 4.68. The van der Waals surface area contributed by atoms with Crippen molar-refractivity contribution in [1.29, 1.82) is 0 Å². The van der Waals surface area contributed by atoms with Gasteiger partial charge in [-0.25, -0.2) is 0 Å². The minimum absolute atomic E-state index is 0.0423. The number of nitrogens with zero attached hydrogens (tertiary/aromatic N) is 3. The molecular formula is C13H14N4O3. The van der Waals surface area contributed by atoms with Gasteiger partial charge in [-0.1, -0.05) is 5.16 Å². The molecule has 0 aliphatic heterocycles. The number of non-ortho nitro benzene ring substituents is 1. The van der Waals surface area contributed by atoms with E-state index in [2.05, 4.69) is 10.1 Å². The van der Waals surface area contributed by atoms with Gasteiger partial charge in [0.2, 0.25) is 0 Å². The zero-order valence-electron chi connectivity index (χ0n) is 10.9. The predicted molar refractivity (Wildman–Crippen MR) is 70.8 cm³/mol. The number of hydrogen-bond donors (Lipinski definition) is 1. The summed E-state index contributed by atoms with van der Waals surface area (Å²) < 4.78 is 5.22. The first kappa shape index (κ1) is 12.7. The van der Waals surface area contributed by atoms with Crippen LogP contribution in [0.25, 0.3) is 11.5 Å². The third-order valence-electron chi connectivity index (χ3n) is 3.52. The summed E-state index contributed by atoms with van der Waals surface area (Å²) in [7, 11) is 0. The maximum absolute atomic E-state index is 10.7. The number of aryl methyl sites for hydroxylation is 1. The molecule has 1 fully saturated rings. The highest BCUT2D eigenvalue weighted by Crippen LogP contribution is 2.39. The molecule has 0 spiro atoms. The number of nitro groups is 1. The summed E-state index contributed by atoms with van der Waals surface area (Å²) in [6, 6.07) is 4.34. The van der Waals surface area contributed by atoms with Gasteiger partial charge in [0.05, 0.1) is 11.0 Å². The molecule has 3 rings (SSSR count). The highest BCUT2D eigenvalue weighted by molar-refractivity contribution is 5.61. The molecule has 0 amide bonds. The highest BCUT2D eigenvalue weighted by Gasteiger charge is 2.32. The third kappa shape index (κ3) is 2.27. The average Bonchev–Trinajstić information content (AvgIpc) is 3.15. The third-order valence-corrected chi connectivity index (χ3v) is 3.52. The molecule has 104 valence electrons. The molecule has 1 heterocycles. The van der Waals surface area contributed by atoms with Crippen molar-refractivity contribution in [3.63, 3.8) is 0 Å². The van der Waals surface area contributed by atoms with Crippen LogP contribution in [0.4, 0.5) is 5.69 Å². The van der Waals surface area contributed by atoms with Gasteiger partial charge in [0, 0.05) is 17.7 Å². The van der Waals surface area contributed by atoms with Crippen LogP contribution in [0.3, 0.4) is 0 Å². The molecule has 0 radical (unpaired) electrons. The first-order valence-electron chi connectivity index (χ1n) is 6.41. The molecule has 20 heavy (non-hydrogen) atoms. The van der Waals surface area contributed by atoms with Crippen LogP contribution in [0.1, 0.15) is 30.3 Å². The minimum Gasteiger partial charge on any atom is -0.334 e. The molecule has 1 aliphatic rings. The molecule has 1 aliphatic carbocycles. The van der Waals surface area contributed by atoms with Crippen molar-refractivity contribution in [3.05, 3.63) is 39.7 Å². The lowest BCUT2D eigenvalue weighted by molar-refractivity contribution is -0.384. The van der Waals surface area contributed by atoms with E-state index >= 15 is 0 Å². The van der Waals surface area contributed by atoms with Crippen LogP contribution in [0.5, 0.6) is 0 Å². The zero-order chi connectivity index (χ0) is 14.3. The van der Waals surface area contributed by atoms with Gasteiger partial charge in [0.25, 0.3) is 11.6 Å². The number of hydrogen-bond acceptors (Lipinski definition) is 6. The van der Waals surface area contributed by atoms with E-state index in [-0.39, 0.29) is 11.7 Å². The molecule has 2 aromatic rings. The molecule has 7 nitrogen and oxygen atoms in total. The van der Waals surface area contributed by atoms with E-state index in [1.807, 2.05) is 0 Å². The van der Waals surface area contributed by atoms with Gasteiger partial charge in [-0.2, -0.15) is 4.98 Å². The Morgan fingerprint density at radius 3 is 2.85 bits per heavy atom. The fourth-order valence-electron chi connectivity index (χ4n) is 2.15. The van der Waals surface area contributed by atoms with Crippen LogP contribution in [-0.4, -0.2) is 15.1 Å². The van der Waals surface area contributed by atoms with Crippen molar-refractivity contribution in [3.8, 4) is 11.5 Å². The summed E-state index contributed by atoms with van der Waals surface area (Å²) in [6.45, 7) is 1.77. The Morgan fingerprint density at radius 2 is 2.25 bits per heavy atom. The fraction of sp³-hybridized carbons (Fsp3) is 0.385. The zero-order valence-corrected chi connectivity index (χ0v) is 10.9. The topological polar surface area (TPSA) is 108 Å². The van der Waals surface area contributed by atoms with Crippen molar-refractivity contribution >= 4 is 5.69 Å². The molecule has 1 aromatic carbocycles. The summed E-state index contributed by atoms with van der Waals surface area (Å²) in [5.74, 6) is 1.29. The van der Waals surface area contributed by atoms with E-state index < -0.39 is 4.92 Å². The van der Waals surface area contributed by atoms with Gasteiger partial charge in [-0.15, -0.1) is 0 Å². The predicted octanol–water partition coefficient (Wildman–Crippen LogP) is 2.36. The van der Waals surface area contributed by atoms with E-state index in [4.69, 9.17) is 10.3 Å². The first-order valence-corrected chi connectivity index (χ1v) is 6.41. The Kier molecular flexibility index (Phi) is 2.98. The van der Waals surface area contributed by atoms with Crippen LogP contribution < -0.4 is 5.73 Å². The van der Waals surface area contributed by atoms with Crippen molar-refractivity contribution in [1.82, 2.24) is 10.1 Å². The van der Waals surface area contributed by atoms with Gasteiger partial charge in [-0.3, -0.25) is 10.1 Å². The minimum atomic E-state index is -0.432. The Labute approximate surface area is 114 Å². The molecule has 0 saturated heterocycles. The number of nitro benzene ring substituents is 1.